The number of likely N-dealkylation sites (tertiary alicyclic amines) is 1. The van der Waals surface area contributed by atoms with Crippen LogP contribution in [0.1, 0.15) is 26.2 Å². The first-order chi connectivity index (χ1) is 12.2. The fourth-order valence-electron chi connectivity index (χ4n) is 3.21. The standard InChI is InChI=1S/C16H16F5N3O2/c1-6-4-7(5-24(6)8-2-3-8)22-15(25)16(26)23-14-12(20)10(18)9(17)11(19)13(14)21/h6-8H,2-5H2,1H3,(H,22,25)(H,23,26)/t6-,7-/m1/s1. The van der Waals surface area contributed by atoms with E-state index in [1.807, 2.05) is 6.92 Å². The van der Waals surface area contributed by atoms with Gasteiger partial charge in [0.2, 0.25) is 5.82 Å². The molecule has 1 aliphatic carbocycles. The van der Waals surface area contributed by atoms with E-state index in [0.717, 1.165) is 12.8 Å². The average molecular weight is 377 g/mol. The minimum absolute atomic E-state index is 0.214. The molecule has 1 saturated carbocycles. The van der Waals surface area contributed by atoms with E-state index in [0.29, 0.717) is 19.0 Å². The molecule has 0 spiro atoms. The summed E-state index contributed by atoms with van der Waals surface area (Å²) in [6, 6.07) is 0.348. The monoisotopic (exact) mass is 377 g/mol. The number of nitrogens with zero attached hydrogens (tertiary/aromatic N) is 1. The molecule has 5 nitrogen and oxygen atoms in total. The third kappa shape index (κ3) is 3.37. The predicted octanol–water partition coefficient (Wildman–Crippen LogP) is 2.06. The minimum atomic E-state index is -2.34. The van der Waals surface area contributed by atoms with Gasteiger partial charge in [0.05, 0.1) is 0 Å². The van der Waals surface area contributed by atoms with Gasteiger partial charge in [-0.3, -0.25) is 14.5 Å². The van der Waals surface area contributed by atoms with Crippen LogP contribution in [0.2, 0.25) is 0 Å². The minimum Gasteiger partial charge on any atom is -0.344 e. The number of carbonyl (C=O) groups is 2. The topological polar surface area (TPSA) is 61.4 Å². The highest BCUT2D eigenvalue weighted by Crippen LogP contribution is 2.33. The molecule has 1 saturated heterocycles. The van der Waals surface area contributed by atoms with Crippen molar-refractivity contribution in [1.29, 1.82) is 0 Å². The van der Waals surface area contributed by atoms with Gasteiger partial charge in [-0.25, -0.2) is 22.0 Å². The third-order valence-electron chi connectivity index (χ3n) is 4.63. The molecule has 2 amide bonds. The molecule has 0 radical (unpaired) electrons. The Bertz CT molecular complexity index is 740. The number of nitrogens with one attached hydrogen (secondary N) is 2. The Labute approximate surface area is 145 Å². The molecule has 3 rings (SSSR count). The normalized spacial score (nSPS) is 23.2. The molecular formula is C16H16F5N3O2. The lowest BCUT2D eigenvalue weighted by molar-refractivity contribution is -0.136. The van der Waals surface area contributed by atoms with Gasteiger partial charge in [-0.05, 0) is 26.2 Å². The predicted molar refractivity (Wildman–Crippen MR) is 80.6 cm³/mol. The maximum atomic E-state index is 13.6. The van der Waals surface area contributed by atoms with Crippen LogP contribution in [-0.4, -0.2) is 41.4 Å². The molecule has 2 atom stereocenters. The maximum absolute atomic E-state index is 13.6. The molecule has 0 bridgehead atoms. The second kappa shape index (κ2) is 6.82. The van der Waals surface area contributed by atoms with E-state index in [-0.39, 0.29) is 12.1 Å². The molecule has 2 N–H and O–H groups in total. The number of rotatable bonds is 3. The molecule has 1 aromatic rings. The van der Waals surface area contributed by atoms with Crippen LogP contribution in [-0.2, 0) is 9.59 Å². The van der Waals surface area contributed by atoms with Crippen molar-refractivity contribution < 1.29 is 31.5 Å². The summed E-state index contributed by atoms with van der Waals surface area (Å²) in [5, 5.41) is 3.88. The van der Waals surface area contributed by atoms with E-state index in [4.69, 9.17) is 0 Å². The molecule has 2 aliphatic rings. The van der Waals surface area contributed by atoms with Crippen molar-refractivity contribution in [3.05, 3.63) is 29.1 Å². The summed E-state index contributed by atoms with van der Waals surface area (Å²) in [4.78, 5) is 25.9. The fourth-order valence-corrected chi connectivity index (χ4v) is 3.21. The number of benzene rings is 1. The molecule has 26 heavy (non-hydrogen) atoms. The second-order valence-corrected chi connectivity index (χ2v) is 6.58. The first kappa shape index (κ1) is 18.6. The van der Waals surface area contributed by atoms with Crippen LogP contribution in [0.4, 0.5) is 27.6 Å². The molecule has 0 unspecified atom stereocenters. The van der Waals surface area contributed by atoms with Crippen molar-refractivity contribution >= 4 is 17.5 Å². The molecule has 1 aromatic carbocycles. The van der Waals surface area contributed by atoms with Crippen molar-refractivity contribution in [3.63, 3.8) is 0 Å². The molecule has 0 aromatic heterocycles. The van der Waals surface area contributed by atoms with Crippen LogP contribution in [0.3, 0.4) is 0 Å². The van der Waals surface area contributed by atoms with E-state index in [2.05, 4.69) is 10.2 Å². The zero-order valence-electron chi connectivity index (χ0n) is 13.7. The Kier molecular flexibility index (Phi) is 4.87. The summed E-state index contributed by atoms with van der Waals surface area (Å²) in [5.74, 6) is -13.9. The number of hydrogen-bond acceptors (Lipinski definition) is 3. The van der Waals surface area contributed by atoms with E-state index in [1.165, 1.54) is 5.32 Å². The van der Waals surface area contributed by atoms with E-state index in [9.17, 15) is 31.5 Å². The van der Waals surface area contributed by atoms with Gasteiger partial charge in [-0.1, -0.05) is 0 Å². The Morgan fingerprint density at radius 3 is 2.00 bits per heavy atom. The molecule has 1 aliphatic heterocycles. The van der Waals surface area contributed by atoms with Gasteiger partial charge < -0.3 is 10.6 Å². The van der Waals surface area contributed by atoms with Crippen LogP contribution < -0.4 is 10.6 Å². The van der Waals surface area contributed by atoms with E-state index < -0.39 is 46.6 Å². The molecule has 1 heterocycles. The van der Waals surface area contributed by atoms with E-state index >= 15 is 0 Å². The Balaban J connectivity index is 1.66. The first-order valence-electron chi connectivity index (χ1n) is 8.09. The summed E-state index contributed by atoms with van der Waals surface area (Å²) in [6.07, 6.45) is 2.75. The van der Waals surface area contributed by atoms with Crippen LogP contribution in [0, 0.1) is 29.1 Å². The Morgan fingerprint density at radius 1 is 0.923 bits per heavy atom. The van der Waals surface area contributed by atoms with Crippen molar-refractivity contribution in [2.45, 2.75) is 44.3 Å². The molecule has 142 valence electrons. The number of hydrogen-bond donors (Lipinski definition) is 2. The summed E-state index contributed by atoms with van der Waals surface area (Å²) < 4.78 is 66.4. The van der Waals surface area contributed by atoms with Gasteiger partial charge >= 0.3 is 11.8 Å². The van der Waals surface area contributed by atoms with Crippen LogP contribution >= 0.6 is 0 Å². The highest BCUT2D eigenvalue weighted by atomic mass is 19.2. The number of halogens is 5. The number of anilines is 1. The van der Waals surface area contributed by atoms with Gasteiger partial charge in [-0.2, -0.15) is 0 Å². The first-order valence-corrected chi connectivity index (χ1v) is 8.09. The molecular weight excluding hydrogens is 361 g/mol. The summed E-state index contributed by atoms with van der Waals surface area (Å²) in [6.45, 7) is 2.52. The zero-order valence-corrected chi connectivity index (χ0v) is 13.7. The van der Waals surface area contributed by atoms with Crippen molar-refractivity contribution in [2.24, 2.45) is 0 Å². The van der Waals surface area contributed by atoms with Gasteiger partial charge in [0.15, 0.2) is 23.3 Å². The smallest absolute Gasteiger partial charge is 0.313 e. The molecule has 10 heteroatoms. The highest BCUT2D eigenvalue weighted by Gasteiger charge is 2.39. The van der Waals surface area contributed by atoms with Crippen molar-refractivity contribution in [1.82, 2.24) is 10.2 Å². The number of carbonyl (C=O) groups excluding carboxylic acids is 2. The second-order valence-electron chi connectivity index (χ2n) is 6.58. The van der Waals surface area contributed by atoms with Crippen molar-refractivity contribution in [2.75, 3.05) is 11.9 Å². The lowest BCUT2D eigenvalue weighted by Gasteiger charge is -2.19. The quantitative estimate of drug-likeness (QED) is 0.367. The lowest BCUT2D eigenvalue weighted by atomic mass is 10.2. The summed E-state index contributed by atoms with van der Waals surface area (Å²) in [7, 11) is 0. The number of amides is 2. The summed E-state index contributed by atoms with van der Waals surface area (Å²) >= 11 is 0. The largest absolute Gasteiger partial charge is 0.344 e. The summed E-state index contributed by atoms with van der Waals surface area (Å²) in [5.41, 5.74) is -1.55. The van der Waals surface area contributed by atoms with Gasteiger partial charge in [0.25, 0.3) is 0 Å². The highest BCUT2D eigenvalue weighted by molar-refractivity contribution is 6.39. The van der Waals surface area contributed by atoms with Gasteiger partial charge in [0.1, 0.15) is 5.69 Å². The lowest BCUT2D eigenvalue weighted by Crippen LogP contribution is -2.43. The van der Waals surface area contributed by atoms with Crippen LogP contribution in [0.25, 0.3) is 0 Å². The van der Waals surface area contributed by atoms with E-state index in [1.54, 1.807) is 0 Å². The van der Waals surface area contributed by atoms with Gasteiger partial charge in [0, 0.05) is 24.7 Å². The maximum Gasteiger partial charge on any atom is 0.313 e. The third-order valence-corrected chi connectivity index (χ3v) is 4.63. The van der Waals surface area contributed by atoms with Gasteiger partial charge in [-0.15, -0.1) is 0 Å². The Morgan fingerprint density at radius 2 is 1.46 bits per heavy atom. The fraction of sp³-hybridized carbons (Fsp3) is 0.500. The Hall–Kier alpha value is -2.23. The molecule has 2 fully saturated rings. The average Bonchev–Trinajstić information content (AvgIpc) is 3.38. The van der Waals surface area contributed by atoms with Crippen LogP contribution in [0.15, 0.2) is 0 Å². The SMILES string of the molecule is C[C@@H]1C[C@@H](NC(=O)C(=O)Nc2c(F)c(F)c(F)c(F)c2F)CN1C1CC1. The van der Waals surface area contributed by atoms with Crippen LogP contribution in [0.5, 0.6) is 0 Å². The van der Waals surface area contributed by atoms with Crippen molar-refractivity contribution in [3.8, 4) is 0 Å². The zero-order chi connectivity index (χ0) is 19.2.